The van der Waals surface area contributed by atoms with Gasteiger partial charge in [0.2, 0.25) is 11.7 Å². The SMILES string of the molecule is C=CCOc1c(C(=O)c2cc(C)c(S(C)(=O)=O)c(C)c2Cl)cnn1C. The number of sulfone groups is 1. The average molecular weight is 383 g/mol. The van der Waals surface area contributed by atoms with E-state index in [2.05, 4.69) is 11.7 Å². The minimum atomic E-state index is -3.46. The molecule has 2 aromatic rings. The van der Waals surface area contributed by atoms with Crippen LogP contribution < -0.4 is 4.74 Å². The number of hydrogen-bond acceptors (Lipinski definition) is 5. The molecule has 2 rings (SSSR count). The number of hydrogen-bond donors (Lipinski definition) is 0. The molecule has 0 fully saturated rings. The minimum absolute atomic E-state index is 0.106. The van der Waals surface area contributed by atoms with Gasteiger partial charge < -0.3 is 4.74 Å². The van der Waals surface area contributed by atoms with E-state index in [1.165, 1.54) is 16.9 Å². The highest BCUT2D eigenvalue weighted by Crippen LogP contribution is 2.33. The van der Waals surface area contributed by atoms with Crippen LogP contribution in [0.15, 0.2) is 29.8 Å². The van der Waals surface area contributed by atoms with E-state index in [0.717, 1.165) is 6.26 Å². The summed E-state index contributed by atoms with van der Waals surface area (Å²) >= 11 is 6.32. The van der Waals surface area contributed by atoms with Crippen LogP contribution in [0.2, 0.25) is 5.02 Å². The normalized spacial score (nSPS) is 11.4. The molecule has 134 valence electrons. The Kier molecular flexibility index (Phi) is 5.39. The third kappa shape index (κ3) is 3.62. The van der Waals surface area contributed by atoms with Crippen molar-refractivity contribution in [3.63, 3.8) is 0 Å². The van der Waals surface area contributed by atoms with Crippen molar-refractivity contribution in [2.45, 2.75) is 18.7 Å². The second-order valence-electron chi connectivity index (χ2n) is 5.70. The first-order valence-electron chi connectivity index (χ1n) is 7.39. The highest BCUT2D eigenvalue weighted by molar-refractivity contribution is 7.90. The van der Waals surface area contributed by atoms with Gasteiger partial charge in [-0.3, -0.25) is 4.79 Å². The van der Waals surface area contributed by atoms with Crippen LogP contribution in [0.25, 0.3) is 0 Å². The highest BCUT2D eigenvalue weighted by atomic mass is 35.5. The summed E-state index contributed by atoms with van der Waals surface area (Å²) in [7, 11) is -1.80. The van der Waals surface area contributed by atoms with Crippen molar-refractivity contribution < 1.29 is 17.9 Å². The number of aromatic nitrogens is 2. The lowest BCUT2D eigenvalue weighted by Crippen LogP contribution is -2.10. The van der Waals surface area contributed by atoms with E-state index in [1.807, 2.05) is 0 Å². The van der Waals surface area contributed by atoms with Crippen molar-refractivity contribution in [2.24, 2.45) is 7.05 Å². The van der Waals surface area contributed by atoms with Gasteiger partial charge in [0, 0.05) is 18.9 Å². The van der Waals surface area contributed by atoms with Crippen molar-refractivity contribution in [1.82, 2.24) is 9.78 Å². The third-order valence-corrected chi connectivity index (χ3v) is 5.56. The summed E-state index contributed by atoms with van der Waals surface area (Å²) in [5.74, 6) is -0.0909. The molecule has 1 aromatic heterocycles. The van der Waals surface area contributed by atoms with Crippen molar-refractivity contribution in [2.75, 3.05) is 12.9 Å². The monoisotopic (exact) mass is 382 g/mol. The summed E-state index contributed by atoms with van der Waals surface area (Å²) in [5, 5.41) is 4.15. The standard InChI is InChI=1S/C17H19ClN2O4S/c1-6-7-24-17-13(9-19-20(17)4)15(21)12-8-10(2)16(25(5,22)23)11(3)14(12)18/h6,8-9H,1,7H2,2-5H3. The maximum absolute atomic E-state index is 12.9. The number of carbonyl (C=O) groups is 1. The molecule has 0 radical (unpaired) electrons. The summed E-state index contributed by atoms with van der Waals surface area (Å²) in [4.78, 5) is 13.1. The first kappa shape index (κ1) is 19.2. The molecule has 0 saturated carbocycles. The third-order valence-electron chi connectivity index (χ3n) is 3.71. The lowest BCUT2D eigenvalue weighted by Gasteiger charge is -2.14. The number of nitrogens with zero attached hydrogens (tertiary/aromatic N) is 2. The van der Waals surface area contributed by atoms with Crippen LogP contribution in [0, 0.1) is 13.8 Å². The fourth-order valence-electron chi connectivity index (χ4n) is 2.71. The van der Waals surface area contributed by atoms with E-state index >= 15 is 0 Å². The first-order chi connectivity index (χ1) is 11.6. The van der Waals surface area contributed by atoms with Gasteiger partial charge in [0.15, 0.2) is 9.84 Å². The van der Waals surface area contributed by atoms with Crippen LogP contribution >= 0.6 is 11.6 Å². The van der Waals surface area contributed by atoms with Crippen LogP contribution in [0.5, 0.6) is 5.88 Å². The Morgan fingerprint density at radius 3 is 2.60 bits per heavy atom. The van der Waals surface area contributed by atoms with Crippen molar-refractivity contribution in [3.8, 4) is 5.88 Å². The van der Waals surface area contributed by atoms with Crippen LogP contribution in [0.1, 0.15) is 27.0 Å². The molecular formula is C17H19ClN2O4S. The molecule has 0 aliphatic carbocycles. The van der Waals surface area contributed by atoms with Gasteiger partial charge in [0.05, 0.1) is 16.1 Å². The van der Waals surface area contributed by atoms with Crippen molar-refractivity contribution >= 4 is 27.2 Å². The molecule has 1 heterocycles. The zero-order chi connectivity index (χ0) is 18.9. The van der Waals surface area contributed by atoms with E-state index in [0.29, 0.717) is 17.0 Å². The lowest BCUT2D eigenvalue weighted by atomic mass is 10.0. The zero-order valence-electron chi connectivity index (χ0n) is 14.5. The Hall–Kier alpha value is -2.12. The second-order valence-corrected chi connectivity index (χ2v) is 8.03. The Morgan fingerprint density at radius 2 is 2.04 bits per heavy atom. The number of ether oxygens (including phenoxy) is 1. The molecule has 6 nitrogen and oxygen atoms in total. The number of aryl methyl sites for hydroxylation is 2. The van der Waals surface area contributed by atoms with Gasteiger partial charge in [-0.05, 0) is 31.0 Å². The zero-order valence-corrected chi connectivity index (χ0v) is 16.0. The Labute approximate surface area is 152 Å². The van der Waals surface area contributed by atoms with Crippen molar-refractivity contribution in [1.29, 1.82) is 0 Å². The molecule has 25 heavy (non-hydrogen) atoms. The van der Waals surface area contributed by atoms with Crippen molar-refractivity contribution in [3.05, 3.63) is 52.2 Å². The van der Waals surface area contributed by atoms with Crippen LogP contribution in [-0.2, 0) is 16.9 Å². The second kappa shape index (κ2) is 7.01. The molecule has 0 aliphatic rings. The van der Waals surface area contributed by atoms with Crippen LogP contribution in [0.3, 0.4) is 0 Å². The molecule has 8 heteroatoms. The quantitative estimate of drug-likeness (QED) is 0.567. The number of rotatable bonds is 6. The highest BCUT2D eigenvalue weighted by Gasteiger charge is 2.26. The maximum Gasteiger partial charge on any atom is 0.223 e. The Balaban J connectivity index is 2.61. The van der Waals surface area contributed by atoms with Gasteiger partial charge in [-0.15, -0.1) is 0 Å². The number of benzene rings is 1. The average Bonchev–Trinajstić information content (AvgIpc) is 2.87. The fraction of sp³-hybridized carbons (Fsp3) is 0.294. The molecule has 0 N–H and O–H groups in total. The van der Waals surface area contributed by atoms with E-state index in [9.17, 15) is 13.2 Å². The van der Waals surface area contributed by atoms with Gasteiger partial charge >= 0.3 is 0 Å². The lowest BCUT2D eigenvalue weighted by molar-refractivity contribution is 0.103. The molecular weight excluding hydrogens is 364 g/mol. The van der Waals surface area contributed by atoms with Gasteiger partial charge in [-0.1, -0.05) is 24.3 Å². The summed E-state index contributed by atoms with van der Waals surface area (Å²) < 4.78 is 30.9. The molecule has 0 atom stereocenters. The molecule has 0 spiro atoms. The first-order valence-corrected chi connectivity index (χ1v) is 9.66. The largest absolute Gasteiger partial charge is 0.473 e. The number of halogens is 1. The molecule has 0 bridgehead atoms. The molecule has 0 unspecified atom stereocenters. The summed E-state index contributed by atoms with van der Waals surface area (Å²) in [6.07, 6.45) is 4.07. The van der Waals surface area contributed by atoms with Crippen LogP contribution in [-0.4, -0.2) is 36.8 Å². The van der Waals surface area contributed by atoms with Gasteiger partial charge in [-0.25, -0.2) is 13.1 Å². The summed E-state index contributed by atoms with van der Waals surface area (Å²) in [6.45, 7) is 7.01. The van der Waals surface area contributed by atoms with E-state index in [-0.39, 0.29) is 33.4 Å². The number of carbonyl (C=O) groups excluding carboxylic acids is 1. The topological polar surface area (TPSA) is 78.3 Å². The maximum atomic E-state index is 12.9. The van der Waals surface area contributed by atoms with Gasteiger partial charge in [-0.2, -0.15) is 5.10 Å². The van der Waals surface area contributed by atoms with Crippen LogP contribution in [0.4, 0.5) is 0 Å². The fourth-order valence-corrected chi connectivity index (χ4v) is 4.31. The smallest absolute Gasteiger partial charge is 0.223 e. The molecule has 0 aliphatic heterocycles. The predicted octanol–water partition coefficient (Wildman–Crippen LogP) is 2.89. The number of ketones is 1. The Bertz CT molecular complexity index is 962. The van der Waals surface area contributed by atoms with E-state index < -0.39 is 9.84 Å². The van der Waals surface area contributed by atoms with Gasteiger partial charge in [0.1, 0.15) is 12.2 Å². The minimum Gasteiger partial charge on any atom is -0.473 e. The van der Waals surface area contributed by atoms with Gasteiger partial charge in [0.25, 0.3) is 0 Å². The van der Waals surface area contributed by atoms with E-state index in [4.69, 9.17) is 16.3 Å². The molecule has 0 amide bonds. The molecule has 0 saturated heterocycles. The van der Waals surface area contributed by atoms with E-state index in [1.54, 1.807) is 27.0 Å². The summed E-state index contributed by atoms with van der Waals surface area (Å²) in [5.41, 5.74) is 1.27. The predicted molar refractivity (Wildman–Crippen MR) is 96.4 cm³/mol. The summed E-state index contributed by atoms with van der Waals surface area (Å²) in [6, 6.07) is 1.48. The Morgan fingerprint density at radius 1 is 1.40 bits per heavy atom. The molecule has 1 aromatic carbocycles.